The summed E-state index contributed by atoms with van der Waals surface area (Å²) in [5.41, 5.74) is 2.31. The normalized spacial score (nSPS) is 16.5. The summed E-state index contributed by atoms with van der Waals surface area (Å²) in [5.74, 6) is 0.226. The summed E-state index contributed by atoms with van der Waals surface area (Å²) in [7, 11) is 0. The molecule has 88 valence electrons. The van der Waals surface area contributed by atoms with E-state index < -0.39 is 0 Å². The van der Waals surface area contributed by atoms with Crippen molar-refractivity contribution in [1.29, 1.82) is 0 Å². The number of nitrogens with zero attached hydrogens (tertiary/aromatic N) is 2. The summed E-state index contributed by atoms with van der Waals surface area (Å²) in [6, 6.07) is 4.11. The molecule has 1 aliphatic heterocycles. The molecule has 0 aliphatic carbocycles. The number of rotatable bonds is 2. The van der Waals surface area contributed by atoms with Gasteiger partial charge in [-0.25, -0.2) is 0 Å². The molecule has 1 N–H and O–H groups in total. The van der Waals surface area contributed by atoms with Gasteiger partial charge in [-0.05, 0) is 26.0 Å². The number of amides is 1. The van der Waals surface area contributed by atoms with Crippen LogP contribution in [-0.4, -0.2) is 41.6 Å². The molecule has 1 saturated heterocycles. The summed E-state index contributed by atoms with van der Waals surface area (Å²) in [5, 5.41) is 3.25. The number of carbonyl (C=O) groups is 1. The van der Waals surface area contributed by atoms with Gasteiger partial charge >= 0.3 is 0 Å². The molecule has 0 bridgehead atoms. The van der Waals surface area contributed by atoms with Gasteiger partial charge in [-0.1, -0.05) is 0 Å². The maximum Gasteiger partial charge on any atom is 0.242 e. The van der Waals surface area contributed by atoms with Gasteiger partial charge < -0.3 is 14.8 Å². The maximum absolute atomic E-state index is 12.0. The van der Waals surface area contributed by atoms with Gasteiger partial charge in [-0.3, -0.25) is 4.79 Å². The Morgan fingerprint density at radius 2 is 1.81 bits per heavy atom. The van der Waals surface area contributed by atoms with E-state index in [2.05, 4.69) is 22.0 Å². The number of piperazine rings is 1. The smallest absolute Gasteiger partial charge is 0.242 e. The standard InChI is InChI=1S/C12H19N3O/c1-10-3-4-11(2)15(10)9-12(16)14-7-5-13-6-8-14/h3-4,13H,5-9H2,1-2H3. The van der Waals surface area contributed by atoms with Crippen LogP contribution in [0.4, 0.5) is 0 Å². The Labute approximate surface area is 96.2 Å². The number of aryl methyl sites for hydroxylation is 2. The Bertz CT molecular complexity index is 358. The fourth-order valence-corrected chi connectivity index (χ4v) is 2.10. The second-order valence-corrected chi connectivity index (χ2v) is 4.33. The highest BCUT2D eigenvalue weighted by Crippen LogP contribution is 2.08. The van der Waals surface area contributed by atoms with Crippen LogP contribution < -0.4 is 5.32 Å². The van der Waals surface area contributed by atoms with Gasteiger partial charge in [0, 0.05) is 37.6 Å². The first-order valence-electron chi connectivity index (χ1n) is 5.79. The Hall–Kier alpha value is -1.29. The van der Waals surface area contributed by atoms with Crippen LogP contribution in [0.5, 0.6) is 0 Å². The van der Waals surface area contributed by atoms with Gasteiger partial charge in [0.2, 0.25) is 5.91 Å². The van der Waals surface area contributed by atoms with Gasteiger partial charge in [0.1, 0.15) is 6.54 Å². The third-order valence-corrected chi connectivity index (χ3v) is 3.18. The molecule has 1 aliphatic rings. The first-order chi connectivity index (χ1) is 7.68. The van der Waals surface area contributed by atoms with E-state index in [1.807, 2.05) is 18.7 Å². The highest BCUT2D eigenvalue weighted by molar-refractivity contribution is 5.76. The number of hydrogen-bond acceptors (Lipinski definition) is 2. The Balaban J connectivity index is 2.01. The minimum Gasteiger partial charge on any atom is -0.340 e. The Morgan fingerprint density at radius 3 is 2.38 bits per heavy atom. The van der Waals surface area contributed by atoms with Crippen LogP contribution in [0.3, 0.4) is 0 Å². The molecule has 2 heterocycles. The van der Waals surface area contributed by atoms with Crippen molar-refractivity contribution < 1.29 is 4.79 Å². The number of nitrogens with one attached hydrogen (secondary N) is 1. The fourth-order valence-electron chi connectivity index (χ4n) is 2.10. The van der Waals surface area contributed by atoms with E-state index in [9.17, 15) is 4.79 Å². The second kappa shape index (κ2) is 4.70. The maximum atomic E-state index is 12.0. The van der Waals surface area contributed by atoms with Crippen molar-refractivity contribution in [3.63, 3.8) is 0 Å². The first kappa shape index (κ1) is 11.2. The molecule has 2 rings (SSSR count). The fraction of sp³-hybridized carbons (Fsp3) is 0.583. The lowest BCUT2D eigenvalue weighted by atomic mass is 10.3. The van der Waals surface area contributed by atoms with Gasteiger partial charge in [0.25, 0.3) is 0 Å². The van der Waals surface area contributed by atoms with Crippen LogP contribution in [0.15, 0.2) is 12.1 Å². The molecule has 0 spiro atoms. The topological polar surface area (TPSA) is 37.3 Å². The van der Waals surface area contributed by atoms with E-state index in [4.69, 9.17) is 0 Å². The predicted molar refractivity (Wildman–Crippen MR) is 63.4 cm³/mol. The van der Waals surface area contributed by atoms with Crippen LogP contribution in [-0.2, 0) is 11.3 Å². The Kier molecular flexibility index (Phi) is 3.29. The monoisotopic (exact) mass is 221 g/mol. The van der Waals surface area contributed by atoms with Crippen molar-refractivity contribution >= 4 is 5.91 Å². The largest absolute Gasteiger partial charge is 0.340 e. The van der Waals surface area contributed by atoms with Crippen LogP contribution in [0, 0.1) is 13.8 Å². The number of hydrogen-bond donors (Lipinski definition) is 1. The average Bonchev–Trinajstić information content (AvgIpc) is 2.62. The highest BCUT2D eigenvalue weighted by Gasteiger charge is 2.17. The van der Waals surface area contributed by atoms with E-state index in [-0.39, 0.29) is 5.91 Å². The summed E-state index contributed by atoms with van der Waals surface area (Å²) < 4.78 is 2.07. The lowest BCUT2D eigenvalue weighted by molar-refractivity contribution is -0.132. The third kappa shape index (κ3) is 2.27. The molecule has 1 fully saturated rings. The minimum absolute atomic E-state index is 0.226. The Morgan fingerprint density at radius 1 is 1.25 bits per heavy atom. The van der Waals surface area contributed by atoms with Crippen LogP contribution in [0.1, 0.15) is 11.4 Å². The molecule has 0 atom stereocenters. The van der Waals surface area contributed by atoms with Crippen molar-refractivity contribution in [3.8, 4) is 0 Å². The minimum atomic E-state index is 0.226. The molecule has 16 heavy (non-hydrogen) atoms. The zero-order valence-electron chi connectivity index (χ0n) is 9.99. The van der Waals surface area contributed by atoms with Crippen molar-refractivity contribution in [2.75, 3.05) is 26.2 Å². The van der Waals surface area contributed by atoms with Crippen molar-refractivity contribution in [2.24, 2.45) is 0 Å². The molecule has 0 unspecified atom stereocenters. The molecular formula is C12H19N3O. The van der Waals surface area contributed by atoms with Gasteiger partial charge in [-0.15, -0.1) is 0 Å². The molecule has 0 saturated carbocycles. The van der Waals surface area contributed by atoms with Gasteiger partial charge in [-0.2, -0.15) is 0 Å². The molecule has 4 nitrogen and oxygen atoms in total. The highest BCUT2D eigenvalue weighted by atomic mass is 16.2. The molecule has 1 aromatic heterocycles. The molecule has 1 aromatic rings. The molecular weight excluding hydrogens is 202 g/mol. The summed E-state index contributed by atoms with van der Waals surface area (Å²) in [6.07, 6.45) is 0. The quantitative estimate of drug-likeness (QED) is 0.791. The van der Waals surface area contributed by atoms with Gasteiger partial charge in [0.05, 0.1) is 0 Å². The summed E-state index contributed by atoms with van der Waals surface area (Å²) in [6.45, 7) is 8.04. The molecule has 4 heteroatoms. The van der Waals surface area contributed by atoms with E-state index >= 15 is 0 Å². The van der Waals surface area contributed by atoms with E-state index in [1.165, 1.54) is 0 Å². The van der Waals surface area contributed by atoms with Crippen LogP contribution in [0.25, 0.3) is 0 Å². The predicted octanol–water partition coefficient (Wildman–Crippen LogP) is 0.537. The van der Waals surface area contributed by atoms with Crippen molar-refractivity contribution in [2.45, 2.75) is 20.4 Å². The number of carbonyl (C=O) groups excluding carboxylic acids is 1. The lowest BCUT2D eigenvalue weighted by Gasteiger charge is -2.28. The third-order valence-electron chi connectivity index (χ3n) is 3.18. The van der Waals surface area contributed by atoms with Crippen LogP contribution >= 0.6 is 0 Å². The zero-order valence-corrected chi connectivity index (χ0v) is 9.99. The van der Waals surface area contributed by atoms with Crippen LogP contribution in [0.2, 0.25) is 0 Å². The number of aromatic nitrogens is 1. The summed E-state index contributed by atoms with van der Waals surface area (Å²) in [4.78, 5) is 14.0. The lowest BCUT2D eigenvalue weighted by Crippen LogP contribution is -2.47. The molecule has 1 amide bonds. The van der Waals surface area contributed by atoms with E-state index in [0.29, 0.717) is 6.54 Å². The zero-order chi connectivity index (χ0) is 11.5. The summed E-state index contributed by atoms with van der Waals surface area (Å²) >= 11 is 0. The first-order valence-corrected chi connectivity index (χ1v) is 5.79. The van der Waals surface area contributed by atoms with E-state index in [1.54, 1.807) is 0 Å². The van der Waals surface area contributed by atoms with E-state index in [0.717, 1.165) is 37.6 Å². The van der Waals surface area contributed by atoms with Gasteiger partial charge in [0.15, 0.2) is 0 Å². The molecule has 0 radical (unpaired) electrons. The SMILES string of the molecule is Cc1ccc(C)n1CC(=O)N1CCNCC1. The molecule has 0 aromatic carbocycles. The van der Waals surface area contributed by atoms with Crippen molar-refractivity contribution in [3.05, 3.63) is 23.5 Å². The average molecular weight is 221 g/mol. The van der Waals surface area contributed by atoms with Crippen molar-refractivity contribution in [1.82, 2.24) is 14.8 Å². The second-order valence-electron chi connectivity index (χ2n) is 4.33.